The highest BCUT2D eigenvalue weighted by Crippen LogP contribution is 2.27. The maximum absolute atomic E-state index is 11.9. The zero-order valence-electron chi connectivity index (χ0n) is 17.7. The van der Waals surface area contributed by atoms with Crippen molar-refractivity contribution < 1.29 is 14.3 Å². The van der Waals surface area contributed by atoms with E-state index in [1.807, 2.05) is 32.1 Å². The van der Waals surface area contributed by atoms with E-state index < -0.39 is 0 Å². The highest BCUT2D eigenvalue weighted by atomic mass is 16.5. The second-order valence-electron chi connectivity index (χ2n) is 7.55. The summed E-state index contributed by atoms with van der Waals surface area (Å²) in [6.45, 7) is 8.01. The summed E-state index contributed by atoms with van der Waals surface area (Å²) in [6, 6.07) is 8.19. The predicted molar refractivity (Wildman–Crippen MR) is 114 cm³/mol. The molecule has 1 aromatic heterocycles. The number of hydrogen-bond donors (Lipinski definition) is 2. The molecule has 2 aromatic rings. The second kappa shape index (κ2) is 8.52. The molecular formula is C24H28N2O3. The van der Waals surface area contributed by atoms with E-state index in [1.54, 1.807) is 0 Å². The Morgan fingerprint density at radius 3 is 2.34 bits per heavy atom. The lowest BCUT2D eigenvalue weighted by Crippen LogP contribution is -2.15. The predicted octanol–water partition coefficient (Wildman–Crippen LogP) is 4.14. The zero-order chi connectivity index (χ0) is 21.1. The van der Waals surface area contributed by atoms with Crippen LogP contribution in [0, 0.1) is 13.8 Å². The first-order chi connectivity index (χ1) is 13.8. The Balaban J connectivity index is 1.87. The summed E-state index contributed by atoms with van der Waals surface area (Å²) in [5, 5.41) is 2.93. The number of aromatic amines is 1. The molecule has 29 heavy (non-hydrogen) atoms. The highest BCUT2D eigenvalue weighted by molar-refractivity contribution is 6.00. The summed E-state index contributed by atoms with van der Waals surface area (Å²) < 4.78 is 4.77. The largest absolute Gasteiger partial charge is 0.469 e. The number of nitrogens with one attached hydrogen (secondary N) is 2. The van der Waals surface area contributed by atoms with Crippen LogP contribution in [-0.2, 0) is 27.2 Å². The average Bonchev–Trinajstić information content (AvgIpc) is 3.12. The normalized spacial score (nSPS) is 15.2. The fourth-order valence-electron chi connectivity index (χ4n) is 3.57. The van der Waals surface area contributed by atoms with Gasteiger partial charge in [-0.05, 0) is 68.0 Å². The number of aryl methyl sites for hydroxylation is 1. The van der Waals surface area contributed by atoms with Crippen molar-refractivity contribution in [1.29, 1.82) is 0 Å². The van der Waals surface area contributed by atoms with Gasteiger partial charge in [0.15, 0.2) is 0 Å². The van der Waals surface area contributed by atoms with Gasteiger partial charge in [0.25, 0.3) is 5.91 Å². The highest BCUT2D eigenvalue weighted by Gasteiger charge is 2.21. The summed E-state index contributed by atoms with van der Waals surface area (Å²) >= 11 is 0. The van der Waals surface area contributed by atoms with Gasteiger partial charge in [-0.15, -0.1) is 0 Å². The molecule has 0 bridgehead atoms. The molecule has 0 unspecified atom stereocenters. The average molecular weight is 392 g/mol. The molecule has 5 nitrogen and oxygen atoms in total. The number of benzene rings is 1. The quantitative estimate of drug-likeness (QED) is 0.726. The summed E-state index contributed by atoms with van der Waals surface area (Å²) in [5.74, 6) is -0.229. The van der Waals surface area contributed by atoms with Crippen molar-refractivity contribution >= 4 is 18.0 Å². The van der Waals surface area contributed by atoms with Gasteiger partial charge < -0.3 is 15.0 Å². The molecule has 1 aliphatic heterocycles. The first-order valence-corrected chi connectivity index (χ1v) is 9.84. The van der Waals surface area contributed by atoms with Gasteiger partial charge in [-0.3, -0.25) is 9.59 Å². The van der Waals surface area contributed by atoms with Crippen LogP contribution in [0.15, 0.2) is 41.1 Å². The number of methoxy groups -OCH3 is 1. The van der Waals surface area contributed by atoms with Crippen molar-refractivity contribution in [3.8, 4) is 0 Å². The number of rotatable bonds is 6. The first kappa shape index (κ1) is 20.6. The minimum Gasteiger partial charge on any atom is -0.469 e. The number of allylic oxidation sites excluding steroid dienone is 1. The third-order valence-electron chi connectivity index (χ3n) is 5.86. The van der Waals surface area contributed by atoms with Crippen molar-refractivity contribution in [3.63, 3.8) is 0 Å². The molecule has 0 saturated heterocycles. The number of hydrogen-bond acceptors (Lipinski definition) is 3. The van der Waals surface area contributed by atoms with Crippen molar-refractivity contribution in [2.24, 2.45) is 0 Å². The second-order valence-corrected chi connectivity index (χ2v) is 7.55. The van der Waals surface area contributed by atoms with E-state index in [0.29, 0.717) is 12.8 Å². The van der Waals surface area contributed by atoms with Crippen LogP contribution < -0.4 is 5.32 Å². The van der Waals surface area contributed by atoms with Crippen LogP contribution >= 0.6 is 0 Å². The fraction of sp³-hybridized carbons (Fsp3) is 0.333. The van der Waals surface area contributed by atoms with Crippen molar-refractivity contribution in [2.75, 3.05) is 7.11 Å². The molecule has 0 saturated carbocycles. The molecule has 0 spiro atoms. The number of H-pyrrole nitrogens is 1. The van der Waals surface area contributed by atoms with Gasteiger partial charge in [-0.25, -0.2) is 0 Å². The Morgan fingerprint density at radius 2 is 1.72 bits per heavy atom. The monoisotopic (exact) mass is 392 g/mol. The van der Waals surface area contributed by atoms with Gasteiger partial charge in [-0.2, -0.15) is 0 Å². The van der Waals surface area contributed by atoms with Crippen LogP contribution in [-0.4, -0.2) is 24.0 Å². The summed E-state index contributed by atoms with van der Waals surface area (Å²) in [4.78, 5) is 27.0. The minimum atomic E-state index is -0.196. The Labute approximate surface area is 171 Å². The molecule has 1 aliphatic rings. The SMILES string of the molecule is COC(=O)CCc1ccccc1Cc1[nH]c(/C=C2\NC(=O)C(C)=C2C)c(C)c1C. The van der Waals surface area contributed by atoms with E-state index in [0.717, 1.165) is 40.2 Å². The molecule has 2 N–H and O–H groups in total. The number of carbonyl (C=O) groups excluding carboxylic acids is 2. The maximum atomic E-state index is 11.9. The van der Waals surface area contributed by atoms with Crippen LogP contribution in [0.2, 0.25) is 0 Å². The maximum Gasteiger partial charge on any atom is 0.305 e. The molecule has 1 aromatic carbocycles. The summed E-state index contributed by atoms with van der Waals surface area (Å²) in [5.41, 5.74) is 9.48. The fourth-order valence-corrected chi connectivity index (χ4v) is 3.57. The van der Waals surface area contributed by atoms with E-state index in [-0.39, 0.29) is 11.9 Å². The standard InChI is InChI=1S/C24H28N2O3/c1-14-15(2)21(13-22-16(3)17(4)24(28)26-22)25-20(14)12-19-9-7-6-8-18(19)10-11-23(27)29-5/h6-9,13,25H,10-12H2,1-5H3,(H,26,28)/b22-13-. The Bertz CT molecular complexity index is 1020. The molecule has 152 valence electrons. The smallest absolute Gasteiger partial charge is 0.305 e. The van der Waals surface area contributed by atoms with Gasteiger partial charge in [0.1, 0.15) is 0 Å². The van der Waals surface area contributed by atoms with Crippen molar-refractivity contribution in [3.05, 3.63) is 74.8 Å². The third-order valence-corrected chi connectivity index (χ3v) is 5.86. The van der Waals surface area contributed by atoms with Crippen molar-refractivity contribution in [1.82, 2.24) is 10.3 Å². The molecule has 3 rings (SSSR count). The number of carbonyl (C=O) groups is 2. The molecule has 0 aliphatic carbocycles. The van der Waals surface area contributed by atoms with Crippen LogP contribution in [0.4, 0.5) is 0 Å². The molecule has 2 heterocycles. The number of esters is 1. The van der Waals surface area contributed by atoms with E-state index in [2.05, 4.69) is 36.3 Å². The first-order valence-electron chi connectivity index (χ1n) is 9.84. The summed E-state index contributed by atoms with van der Waals surface area (Å²) in [6.07, 6.45) is 3.80. The third kappa shape index (κ3) is 4.34. The van der Waals surface area contributed by atoms with E-state index in [4.69, 9.17) is 4.74 Å². The lowest BCUT2D eigenvalue weighted by molar-refractivity contribution is -0.140. The van der Waals surface area contributed by atoms with Crippen LogP contribution in [0.5, 0.6) is 0 Å². The Kier molecular flexibility index (Phi) is 6.06. The molecule has 1 amide bonds. The van der Waals surface area contributed by atoms with E-state index in [9.17, 15) is 9.59 Å². The van der Waals surface area contributed by atoms with E-state index in [1.165, 1.54) is 23.8 Å². The van der Waals surface area contributed by atoms with Crippen molar-refractivity contribution in [2.45, 2.75) is 47.0 Å². The molecular weight excluding hydrogens is 364 g/mol. The van der Waals surface area contributed by atoms with Gasteiger partial charge in [0.05, 0.1) is 7.11 Å². The Morgan fingerprint density at radius 1 is 1.03 bits per heavy atom. The minimum absolute atomic E-state index is 0.0329. The number of amides is 1. The molecule has 0 atom stereocenters. The molecule has 5 heteroatoms. The number of aromatic nitrogens is 1. The van der Waals surface area contributed by atoms with Gasteiger partial charge in [-0.1, -0.05) is 24.3 Å². The molecule has 0 fully saturated rings. The zero-order valence-corrected chi connectivity index (χ0v) is 17.7. The Hall–Kier alpha value is -3.08. The number of ether oxygens (including phenoxy) is 1. The van der Waals surface area contributed by atoms with E-state index >= 15 is 0 Å². The van der Waals surface area contributed by atoms with Crippen LogP contribution in [0.3, 0.4) is 0 Å². The van der Waals surface area contributed by atoms with Crippen LogP contribution in [0.1, 0.15) is 53.9 Å². The topological polar surface area (TPSA) is 71.2 Å². The van der Waals surface area contributed by atoms with Gasteiger partial charge in [0.2, 0.25) is 0 Å². The van der Waals surface area contributed by atoms with Crippen LogP contribution in [0.25, 0.3) is 6.08 Å². The van der Waals surface area contributed by atoms with Gasteiger partial charge >= 0.3 is 5.97 Å². The summed E-state index contributed by atoms with van der Waals surface area (Å²) in [7, 11) is 1.42. The lowest BCUT2D eigenvalue weighted by atomic mass is 9.97. The molecule has 0 radical (unpaired) electrons. The van der Waals surface area contributed by atoms with Gasteiger partial charge in [0, 0.05) is 35.5 Å². The lowest BCUT2D eigenvalue weighted by Gasteiger charge is -2.09.